The molecule has 136 valence electrons. The van der Waals surface area contributed by atoms with Gasteiger partial charge in [0.25, 0.3) is 11.8 Å². The van der Waals surface area contributed by atoms with Crippen LogP contribution in [0.4, 0.5) is 5.69 Å². The fourth-order valence-corrected chi connectivity index (χ4v) is 2.48. The van der Waals surface area contributed by atoms with E-state index in [1.807, 2.05) is 13.0 Å². The summed E-state index contributed by atoms with van der Waals surface area (Å²) in [4.78, 5) is 26.3. The van der Waals surface area contributed by atoms with Crippen molar-refractivity contribution in [3.63, 3.8) is 0 Å². The molecule has 0 aliphatic heterocycles. The van der Waals surface area contributed by atoms with Crippen molar-refractivity contribution in [3.8, 4) is 0 Å². The topological polar surface area (TPSA) is 98.2 Å². The van der Waals surface area contributed by atoms with Crippen LogP contribution in [0.25, 0.3) is 0 Å². The summed E-state index contributed by atoms with van der Waals surface area (Å²) in [5, 5.41) is 11.0. The predicted octanol–water partition coefficient (Wildman–Crippen LogP) is 1.69. The molecule has 3 rings (SSSR count). The van der Waals surface area contributed by atoms with Crippen LogP contribution in [0.3, 0.4) is 0 Å². The van der Waals surface area contributed by atoms with Gasteiger partial charge in [-0.05, 0) is 25.1 Å². The quantitative estimate of drug-likeness (QED) is 0.725. The maximum atomic E-state index is 12.5. The van der Waals surface area contributed by atoms with Crippen molar-refractivity contribution in [2.75, 3.05) is 19.4 Å². The molecule has 9 heteroatoms. The minimum Gasteiger partial charge on any atom is -0.454 e. The largest absolute Gasteiger partial charge is 0.454 e. The second kappa shape index (κ2) is 7.26. The Morgan fingerprint density at radius 1 is 1.27 bits per heavy atom. The Balaban J connectivity index is 1.77. The number of carbonyl (C=O) groups is 2. The number of rotatable bonds is 6. The number of anilines is 1. The summed E-state index contributed by atoms with van der Waals surface area (Å²) < 4.78 is 8.82. The SMILES string of the molecule is CCn1ncc(NC(=O)c2ccc(Cn3cccn3)o2)c1C(=O)N(C)C. The van der Waals surface area contributed by atoms with Gasteiger partial charge in [-0.15, -0.1) is 0 Å². The zero-order valence-electron chi connectivity index (χ0n) is 14.8. The lowest BCUT2D eigenvalue weighted by molar-refractivity contribution is 0.0816. The summed E-state index contributed by atoms with van der Waals surface area (Å²) in [7, 11) is 3.30. The molecule has 3 aromatic heterocycles. The van der Waals surface area contributed by atoms with Crippen molar-refractivity contribution in [3.05, 3.63) is 54.0 Å². The molecule has 0 saturated heterocycles. The molecule has 0 atom stereocenters. The van der Waals surface area contributed by atoms with E-state index in [1.165, 1.54) is 11.1 Å². The molecule has 0 saturated carbocycles. The van der Waals surface area contributed by atoms with Gasteiger partial charge in [0.1, 0.15) is 11.5 Å². The first-order valence-corrected chi connectivity index (χ1v) is 8.14. The number of amides is 2. The second-order valence-electron chi connectivity index (χ2n) is 5.85. The number of nitrogens with zero attached hydrogens (tertiary/aromatic N) is 5. The molecule has 0 aromatic carbocycles. The van der Waals surface area contributed by atoms with Crippen LogP contribution in [0.2, 0.25) is 0 Å². The molecule has 0 spiro atoms. The summed E-state index contributed by atoms with van der Waals surface area (Å²) in [5.74, 6) is 0.0750. The zero-order valence-corrected chi connectivity index (χ0v) is 14.8. The molecule has 9 nitrogen and oxygen atoms in total. The molecule has 0 aliphatic carbocycles. The van der Waals surface area contributed by atoms with E-state index in [4.69, 9.17) is 4.42 Å². The third kappa shape index (κ3) is 3.51. The summed E-state index contributed by atoms with van der Waals surface area (Å²) in [6, 6.07) is 5.12. The van der Waals surface area contributed by atoms with Gasteiger partial charge >= 0.3 is 0 Å². The van der Waals surface area contributed by atoms with Crippen LogP contribution >= 0.6 is 0 Å². The summed E-state index contributed by atoms with van der Waals surface area (Å²) in [5.41, 5.74) is 0.676. The van der Waals surface area contributed by atoms with E-state index in [1.54, 1.807) is 48.0 Å². The van der Waals surface area contributed by atoms with Crippen molar-refractivity contribution in [1.29, 1.82) is 0 Å². The average molecular weight is 356 g/mol. The Hall–Kier alpha value is -3.36. The van der Waals surface area contributed by atoms with Crippen LogP contribution in [0, 0.1) is 0 Å². The highest BCUT2D eigenvalue weighted by Gasteiger charge is 2.22. The van der Waals surface area contributed by atoms with E-state index in [0.717, 1.165) is 0 Å². The van der Waals surface area contributed by atoms with Gasteiger partial charge in [-0.25, -0.2) is 0 Å². The van der Waals surface area contributed by atoms with Gasteiger partial charge in [0.05, 0.1) is 18.4 Å². The van der Waals surface area contributed by atoms with E-state index in [0.29, 0.717) is 30.2 Å². The molecule has 26 heavy (non-hydrogen) atoms. The minimum absolute atomic E-state index is 0.152. The van der Waals surface area contributed by atoms with Gasteiger partial charge < -0.3 is 14.6 Å². The minimum atomic E-state index is -0.444. The van der Waals surface area contributed by atoms with Crippen LogP contribution in [0.15, 0.2) is 41.2 Å². The number of hydrogen-bond donors (Lipinski definition) is 1. The summed E-state index contributed by atoms with van der Waals surface area (Å²) in [6.07, 6.45) is 4.94. The van der Waals surface area contributed by atoms with Crippen LogP contribution in [0.5, 0.6) is 0 Å². The lowest BCUT2D eigenvalue weighted by Gasteiger charge is -2.13. The van der Waals surface area contributed by atoms with Gasteiger partial charge in [-0.3, -0.25) is 19.0 Å². The normalized spacial score (nSPS) is 10.7. The predicted molar refractivity (Wildman–Crippen MR) is 93.9 cm³/mol. The molecule has 3 heterocycles. The highest BCUT2D eigenvalue weighted by molar-refractivity contribution is 6.07. The van der Waals surface area contributed by atoms with E-state index in [2.05, 4.69) is 15.5 Å². The molecule has 0 aliphatic rings. The number of carbonyl (C=O) groups excluding carboxylic acids is 2. The van der Waals surface area contributed by atoms with E-state index in [-0.39, 0.29) is 11.7 Å². The van der Waals surface area contributed by atoms with Crippen LogP contribution < -0.4 is 5.32 Å². The first-order valence-electron chi connectivity index (χ1n) is 8.14. The smallest absolute Gasteiger partial charge is 0.291 e. The third-order valence-corrected chi connectivity index (χ3v) is 3.76. The first kappa shape index (κ1) is 17.5. The van der Waals surface area contributed by atoms with Crippen LogP contribution in [-0.2, 0) is 13.1 Å². The molecule has 0 radical (unpaired) electrons. The maximum absolute atomic E-state index is 12.5. The molecule has 0 fully saturated rings. The number of furan rings is 1. The maximum Gasteiger partial charge on any atom is 0.291 e. The Kier molecular flexibility index (Phi) is 4.87. The lowest BCUT2D eigenvalue weighted by Crippen LogP contribution is -2.26. The van der Waals surface area contributed by atoms with E-state index >= 15 is 0 Å². The van der Waals surface area contributed by atoms with Crippen molar-refractivity contribution in [2.24, 2.45) is 0 Å². The van der Waals surface area contributed by atoms with Crippen molar-refractivity contribution in [1.82, 2.24) is 24.5 Å². The standard InChI is InChI=1S/C17H20N6O3/c1-4-23-15(17(25)21(2)3)13(10-19-23)20-16(24)14-7-6-12(26-14)11-22-9-5-8-18-22/h5-10H,4,11H2,1-3H3,(H,20,24). The Bertz CT molecular complexity index is 907. The van der Waals surface area contributed by atoms with Gasteiger partial charge in [0.15, 0.2) is 5.76 Å². The van der Waals surface area contributed by atoms with Gasteiger partial charge in [-0.2, -0.15) is 10.2 Å². The molecular weight excluding hydrogens is 336 g/mol. The monoisotopic (exact) mass is 356 g/mol. The van der Waals surface area contributed by atoms with Crippen molar-refractivity contribution in [2.45, 2.75) is 20.0 Å². The fourth-order valence-electron chi connectivity index (χ4n) is 2.48. The summed E-state index contributed by atoms with van der Waals surface area (Å²) >= 11 is 0. The molecule has 3 aromatic rings. The molecule has 1 N–H and O–H groups in total. The second-order valence-corrected chi connectivity index (χ2v) is 5.85. The zero-order chi connectivity index (χ0) is 18.7. The van der Waals surface area contributed by atoms with Gasteiger partial charge in [0.2, 0.25) is 0 Å². The van der Waals surface area contributed by atoms with Crippen LogP contribution in [0.1, 0.15) is 33.7 Å². The van der Waals surface area contributed by atoms with Crippen molar-refractivity contribution < 1.29 is 14.0 Å². The number of aryl methyl sites for hydroxylation is 1. The Morgan fingerprint density at radius 3 is 2.73 bits per heavy atom. The molecule has 0 bridgehead atoms. The van der Waals surface area contributed by atoms with Crippen molar-refractivity contribution >= 4 is 17.5 Å². The lowest BCUT2D eigenvalue weighted by atomic mass is 10.3. The van der Waals surface area contributed by atoms with Gasteiger partial charge in [0, 0.05) is 33.0 Å². The highest BCUT2D eigenvalue weighted by atomic mass is 16.4. The molecule has 2 amide bonds. The number of nitrogens with one attached hydrogen (secondary N) is 1. The average Bonchev–Trinajstić information content (AvgIpc) is 3.35. The van der Waals surface area contributed by atoms with Crippen LogP contribution in [-0.4, -0.2) is 50.4 Å². The summed E-state index contributed by atoms with van der Waals surface area (Å²) in [6.45, 7) is 2.82. The highest BCUT2D eigenvalue weighted by Crippen LogP contribution is 2.19. The van der Waals surface area contributed by atoms with E-state index < -0.39 is 5.91 Å². The molecule has 0 unspecified atom stereocenters. The Morgan fingerprint density at radius 2 is 2.08 bits per heavy atom. The molecular formula is C17H20N6O3. The number of aromatic nitrogens is 4. The third-order valence-electron chi connectivity index (χ3n) is 3.76. The Labute approximate surface area is 150 Å². The van der Waals surface area contributed by atoms with E-state index in [9.17, 15) is 9.59 Å². The number of hydrogen-bond acceptors (Lipinski definition) is 5. The fraction of sp³-hybridized carbons (Fsp3) is 0.294. The van der Waals surface area contributed by atoms with Gasteiger partial charge in [-0.1, -0.05) is 0 Å². The first-order chi connectivity index (χ1) is 12.5.